The molecule has 0 bridgehead atoms. The zero-order chi connectivity index (χ0) is 14.4. The van der Waals surface area contributed by atoms with Crippen LogP contribution < -0.4 is 5.73 Å². The minimum Gasteiger partial charge on any atom is -0.398 e. The maximum atomic E-state index is 6.03. The maximum absolute atomic E-state index is 6.03. The predicted molar refractivity (Wildman–Crippen MR) is 81.5 cm³/mol. The van der Waals surface area contributed by atoms with Crippen LogP contribution in [0, 0.1) is 0 Å². The molecular weight excluding hydrogens is 252 g/mol. The lowest BCUT2D eigenvalue weighted by molar-refractivity contribution is -0.142. The molecule has 0 saturated heterocycles. The quantitative estimate of drug-likeness (QED) is 0.614. The van der Waals surface area contributed by atoms with Gasteiger partial charge >= 0.3 is 0 Å². The van der Waals surface area contributed by atoms with Gasteiger partial charge in [-0.1, -0.05) is 12.1 Å². The number of nitrogens with zero attached hydrogens (tertiary/aromatic N) is 1. The molecule has 1 aromatic rings. The van der Waals surface area contributed by atoms with Gasteiger partial charge in [0.25, 0.3) is 0 Å². The van der Waals surface area contributed by atoms with Crippen LogP contribution in [0.15, 0.2) is 18.2 Å². The molecule has 0 saturated carbocycles. The Bertz CT molecular complexity index is 417. The lowest BCUT2D eigenvalue weighted by atomic mass is 9.98. The molecule has 1 aliphatic heterocycles. The SMILES string of the molecule is CCOC(CCN1CCc2c(N)cccc2C1)OCC. The number of anilines is 1. The lowest BCUT2D eigenvalue weighted by Crippen LogP contribution is -2.34. The first kappa shape index (κ1) is 15.3. The van der Waals surface area contributed by atoms with Crippen molar-refractivity contribution in [1.29, 1.82) is 0 Å². The average molecular weight is 278 g/mol. The van der Waals surface area contributed by atoms with Crippen molar-refractivity contribution in [2.75, 3.05) is 32.0 Å². The number of hydrogen-bond acceptors (Lipinski definition) is 4. The summed E-state index contributed by atoms with van der Waals surface area (Å²) in [5.74, 6) is 0. The number of ether oxygens (including phenoxy) is 2. The summed E-state index contributed by atoms with van der Waals surface area (Å²) in [6.07, 6.45) is 1.88. The van der Waals surface area contributed by atoms with Gasteiger partial charge in [-0.3, -0.25) is 4.90 Å². The van der Waals surface area contributed by atoms with Gasteiger partial charge in [0.05, 0.1) is 0 Å². The molecule has 2 rings (SSSR count). The minimum atomic E-state index is -0.0766. The van der Waals surface area contributed by atoms with E-state index in [2.05, 4.69) is 11.0 Å². The summed E-state index contributed by atoms with van der Waals surface area (Å²) in [6, 6.07) is 6.22. The Hall–Kier alpha value is -1.10. The van der Waals surface area contributed by atoms with Crippen LogP contribution in [0.25, 0.3) is 0 Å². The molecule has 20 heavy (non-hydrogen) atoms. The molecule has 4 nitrogen and oxygen atoms in total. The van der Waals surface area contributed by atoms with Crippen LogP contribution >= 0.6 is 0 Å². The van der Waals surface area contributed by atoms with Crippen molar-refractivity contribution >= 4 is 5.69 Å². The number of rotatable bonds is 7. The Balaban J connectivity index is 1.86. The smallest absolute Gasteiger partial charge is 0.158 e. The van der Waals surface area contributed by atoms with Gasteiger partial charge in [-0.15, -0.1) is 0 Å². The summed E-state index contributed by atoms with van der Waals surface area (Å²) in [5.41, 5.74) is 9.65. The Morgan fingerprint density at radius 3 is 2.70 bits per heavy atom. The van der Waals surface area contributed by atoms with Crippen molar-refractivity contribution in [3.05, 3.63) is 29.3 Å². The number of benzene rings is 1. The average Bonchev–Trinajstić information content (AvgIpc) is 2.45. The Kier molecular flexibility index (Phi) is 5.83. The van der Waals surface area contributed by atoms with E-state index in [4.69, 9.17) is 15.2 Å². The van der Waals surface area contributed by atoms with E-state index >= 15 is 0 Å². The molecule has 1 aliphatic rings. The molecule has 4 heteroatoms. The number of fused-ring (bicyclic) bond motifs is 1. The Morgan fingerprint density at radius 2 is 2.00 bits per heavy atom. The first-order chi connectivity index (χ1) is 9.74. The molecule has 1 heterocycles. The number of hydrogen-bond donors (Lipinski definition) is 1. The summed E-state index contributed by atoms with van der Waals surface area (Å²) in [5, 5.41) is 0. The standard InChI is InChI=1S/C16H26N2O2/c1-3-19-16(20-4-2)9-11-18-10-8-14-13(12-18)6-5-7-15(14)17/h5-7,16H,3-4,8-12,17H2,1-2H3. The summed E-state index contributed by atoms with van der Waals surface area (Å²) in [4.78, 5) is 2.45. The molecule has 0 atom stereocenters. The van der Waals surface area contributed by atoms with Gasteiger partial charge in [-0.05, 0) is 37.5 Å². The molecule has 0 radical (unpaired) electrons. The summed E-state index contributed by atoms with van der Waals surface area (Å²) in [7, 11) is 0. The van der Waals surface area contributed by atoms with Crippen LogP contribution in [0.4, 0.5) is 5.69 Å². The van der Waals surface area contributed by atoms with Crippen LogP contribution in [0.1, 0.15) is 31.4 Å². The van der Waals surface area contributed by atoms with Crippen LogP contribution in [-0.4, -0.2) is 37.5 Å². The van der Waals surface area contributed by atoms with E-state index in [0.29, 0.717) is 13.2 Å². The highest BCUT2D eigenvalue weighted by Crippen LogP contribution is 2.24. The van der Waals surface area contributed by atoms with E-state index < -0.39 is 0 Å². The highest BCUT2D eigenvalue weighted by molar-refractivity contribution is 5.51. The second kappa shape index (κ2) is 7.62. The lowest BCUT2D eigenvalue weighted by Gasteiger charge is -2.30. The Morgan fingerprint density at radius 1 is 1.25 bits per heavy atom. The normalized spacial score (nSPS) is 15.6. The molecule has 0 aromatic heterocycles. The fourth-order valence-corrected chi connectivity index (χ4v) is 2.76. The summed E-state index contributed by atoms with van der Waals surface area (Å²) in [6.45, 7) is 8.45. The molecule has 0 aliphatic carbocycles. The zero-order valence-electron chi connectivity index (χ0n) is 12.6. The molecule has 0 unspecified atom stereocenters. The van der Waals surface area contributed by atoms with E-state index in [-0.39, 0.29) is 6.29 Å². The van der Waals surface area contributed by atoms with Gasteiger partial charge in [0, 0.05) is 45.0 Å². The van der Waals surface area contributed by atoms with E-state index in [1.54, 1.807) is 0 Å². The minimum absolute atomic E-state index is 0.0766. The van der Waals surface area contributed by atoms with E-state index in [1.165, 1.54) is 11.1 Å². The van der Waals surface area contributed by atoms with Gasteiger partial charge in [-0.25, -0.2) is 0 Å². The van der Waals surface area contributed by atoms with Crippen LogP contribution in [0.5, 0.6) is 0 Å². The van der Waals surface area contributed by atoms with Gasteiger partial charge < -0.3 is 15.2 Å². The van der Waals surface area contributed by atoms with Crippen LogP contribution in [-0.2, 0) is 22.4 Å². The fraction of sp³-hybridized carbons (Fsp3) is 0.625. The number of nitrogens with two attached hydrogens (primary N) is 1. The van der Waals surface area contributed by atoms with E-state index in [9.17, 15) is 0 Å². The molecule has 1 aromatic carbocycles. The second-order valence-corrected chi connectivity index (χ2v) is 5.14. The summed E-state index contributed by atoms with van der Waals surface area (Å²) >= 11 is 0. The fourth-order valence-electron chi connectivity index (χ4n) is 2.76. The van der Waals surface area contributed by atoms with Crippen LogP contribution in [0.2, 0.25) is 0 Å². The van der Waals surface area contributed by atoms with E-state index in [0.717, 1.165) is 38.2 Å². The second-order valence-electron chi connectivity index (χ2n) is 5.14. The highest BCUT2D eigenvalue weighted by atomic mass is 16.7. The van der Waals surface area contributed by atoms with Gasteiger partial charge in [-0.2, -0.15) is 0 Å². The van der Waals surface area contributed by atoms with E-state index in [1.807, 2.05) is 26.0 Å². The van der Waals surface area contributed by atoms with Crippen molar-refractivity contribution in [3.63, 3.8) is 0 Å². The molecule has 2 N–H and O–H groups in total. The van der Waals surface area contributed by atoms with Gasteiger partial charge in [0.15, 0.2) is 6.29 Å². The zero-order valence-corrected chi connectivity index (χ0v) is 12.6. The molecule has 0 fully saturated rings. The first-order valence-corrected chi connectivity index (χ1v) is 7.56. The van der Waals surface area contributed by atoms with Crippen molar-refractivity contribution in [2.45, 2.75) is 39.5 Å². The molecule has 112 valence electrons. The Labute approximate surface area is 121 Å². The molecule has 0 spiro atoms. The van der Waals surface area contributed by atoms with Crippen molar-refractivity contribution in [1.82, 2.24) is 4.90 Å². The summed E-state index contributed by atoms with van der Waals surface area (Å²) < 4.78 is 11.2. The maximum Gasteiger partial charge on any atom is 0.158 e. The first-order valence-electron chi connectivity index (χ1n) is 7.56. The van der Waals surface area contributed by atoms with Crippen molar-refractivity contribution in [2.24, 2.45) is 0 Å². The molecule has 0 amide bonds. The van der Waals surface area contributed by atoms with Gasteiger partial charge in [0.2, 0.25) is 0 Å². The molecular formula is C16H26N2O2. The number of nitrogen functional groups attached to an aromatic ring is 1. The van der Waals surface area contributed by atoms with Gasteiger partial charge in [0.1, 0.15) is 0 Å². The third-order valence-electron chi connectivity index (χ3n) is 3.77. The predicted octanol–water partition coefficient (Wildman–Crippen LogP) is 2.42. The third-order valence-corrected chi connectivity index (χ3v) is 3.77. The third kappa shape index (κ3) is 3.95. The largest absolute Gasteiger partial charge is 0.398 e. The van der Waals surface area contributed by atoms with Crippen molar-refractivity contribution < 1.29 is 9.47 Å². The van der Waals surface area contributed by atoms with Crippen LogP contribution in [0.3, 0.4) is 0 Å². The topological polar surface area (TPSA) is 47.7 Å². The highest BCUT2D eigenvalue weighted by Gasteiger charge is 2.19. The monoisotopic (exact) mass is 278 g/mol. The van der Waals surface area contributed by atoms with Crippen molar-refractivity contribution in [3.8, 4) is 0 Å².